The van der Waals surface area contributed by atoms with Crippen molar-refractivity contribution in [2.45, 2.75) is 0 Å². The zero-order valence-corrected chi connectivity index (χ0v) is 16.6. The van der Waals surface area contributed by atoms with Gasteiger partial charge in [0.1, 0.15) is 6.54 Å². The first kappa shape index (κ1) is 19.9. The van der Waals surface area contributed by atoms with Crippen molar-refractivity contribution >= 4 is 47.5 Å². The number of halogens is 1. The molecule has 2 heterocycles. The van der Waals surface area contributed by atoms with Crippen molar-refractivity contribution in [1.29, 1.82) is 0 Å². The Hall–Kier alpha value is -2.43. The fourth-order valence-electron chi connectivity index (χ4n) is 2.56. The van der Waals surface area contributed by atoms with Crippen LogP contribution in [0.3, 0.4) is 0 Å². The van der Waals surface area contributed by atoms with Gasteiger partial charge in [-0.1, -0.05) is 18.2 Å². The Morgan fingerprint density at radius 1 is 1.08 bits per heavy atom. The first-order valence-corrected chi connectivity index (χ1v) is 8.14. The fraction of sp³-hybridized carbons (Fsp3) is 0.294. The van der Waals surface area contributed by atoms with Crippen LogP contribution in [0.5, 0.6) is 0 Å². The zero-order chi connectivity index (χ0) is 17.5. The van der Waals surface area contributed by atoms with Crippen molar-refractivity contribution in [1.82, 2.24) is 14.9 Å². The average Bonchev–Trinajstić information content (AvgIpc) is 2.68. The first-order chi connectivity index (χ1) is 12.2. The molecule has 138 valence electrons. The lowest BCUT2D eigenvalue weighted by Gasteiger charge is -2.35. The molecule has 1 aliphatic rings. The van der Waals surface area contributed by atoms with Crippen molar-refractivity contribution in [2.24, 2.45) is 10.7 Å². The molecule has 0 aliphatic carbocycles. The number of nitrogens with zero attached hydrogens (tertiary/aromatic N) is 5. The van der Waals surface area contributed by atoms with Gasteiger partial charge in [-0.2, -0.15) is 0 Å². The second kappa shape index (κ2) is 9.90. The number of aromatic nitrogens is 2. The summed E-state index contributed by atoms with van der Waals surface area (Å²) >= 11 is 0. The van der Waals surface area contributed by atoms with Gasteiger partial charge in [0.25, 0.3) is 0 Å². The van der Waals surface area contributed by atoms with Gasteiger partial charge in [0, 0.05) is 44.3 Å². The highest BCUT2D eigenvalue weighted by molar-refractivity contribution is 14.0. The summed E-state index contributed by atoms with van der Waals surface area (Å²) in [5.41, 5.74) is 6.77. The number of piperazine rings is 1. The molecule has 9 heteroatoms. The van der Waals surface area contributed by atoms with E-state index >= 15 is 0 Å². The van der Waals surface area contributed by atoms with Gasteiger partial charge in [-0.25, -0.2) is 15.0 Å². The maximum absolute atomic E-state index is 11.9. The molecule has 3 N–H and O–H groups in total. The van der Waals surface area contributed by atoms with Crippen LogP contribution in [-0.4, -0.2) is 59.5 Å². The van der Waals surface area contributed by atoms with Gasteiger partial charge in [-0.15, -0.1) is 24.0 Å². The molecule has 1 fully saturated rings. The van der Waals surface area contributed by atoms with Crippen LogP contribution in [-0.2, 0) is 4.79 Å². The summed E-state index contributed by atoms with van der Waals surface area (Å²) in [7, 11) is 0. The Morgan fingerprint density at radius 2 is 1.73 bits per heavy atom. The molecule has 2 aromatic rings. The number of anilines is 2. The van der Waals surface area contributed by atoms with Gasteiger partial charge in [0.05, 0.1) is 0 Å². The normalized spacial score (nSPS) is 14.5. The summed E-state index contributed by atoms with van der Waals surface area (Å²) in [6, 6.07) is 11.1. The quantitative estimate of drug-likeness (QED) is 0.398. The fourth-order valence-corrected chi connectivity index (χ4v) is 2.56. The lowest BCUT2D eigenvalue weighted by atomic mass is 10.3. The van der Waals surface area contributed by atoms with E-state index in [0.29, 0.717) is 19.0 Å². The molecular formula is C17H22IN7O. The van der Waals surface area contributed by atoms with Crippen LogP contribution in [0.25, 0.3) is 0 Å². The molecule has 0 saturated carbocycles. The molecular weight excluding hydrogens is 445 g/mol. The molecule has 1 aromatic heterocycles. The van der Waals surface area contributed by atoms with Crippen molar-refractivity contribution in [3.05, 3.63) is 48.8 Å². The lowest BCUT2D eigenvalue weighted by Crippen LogP contribution is -2.51. The number of para-hydroxylation sites is 1. The molecule has 1 saturated heterocycles. The molecule has 0 atom stereocenters. The van der Waals surface area contributed by atoms with Crippen molar-refractivity contribution < 1.29 is 4.79 Å². The number of carbonyl (C=O) groups is 1. The van der Waals surface area contributed by atoms with Crippen LogP contribution in [0.15, 0.2) is 53.8 Å². The number of hydrogen-bond donors (Lipinski definition) is 2. The predicted octanol–water partition coefficient (Wildman–Crippen LogP) is 1.17. The van der Waals surface area contributed by atoms with Crippen LogP contribution in [0.2, 0.25) is 0 Å². The monoisotopic (exact) mass is 467 g/mol. The number of nitrogens with two attached hydrogens (primary N) is 1. The number of guanidine groups is 1. The second-order valence-electron chi connectivity index (χ2n) is 5.61. The highest BCUT2D eigenvalue weighted by Crippen LogP contribution is 2.09. The van der Waals surface area contributed by atoms with Gasteiger partial charge >= 0.3 is 0 Å². The molecule has 1 aromatic carbocycles. The minimum absolute atomic E-state index is 0. The SMILES string of the molecule is I.NC(=NCC(=O)Nc1ccccc1)N1CCN(c2ncccn2)CC1. The largest absolute Gasteiger partial charge is 0.370 e. The van der Waals surface area contributed by atoms with Crippen molar-refractivity contribution in [2.75, 3.05) is 42.9 Å². The van der Waals surface area contributed by atoms with Crippen molar-refractivity contribution in [3.63, 3.8) is 0 Å². The molecule has 0 bridgehead atoms. The van der Waals surface area contributed by atoms with Crippen LogP contribution < -0.4 is 16.0 Å². The van der Waals surface area contributed by atoms with Gasteiger partial charge in [-0.3, -0.25) is 4.79 Å². The number of amides is 1. The summed E-state index contributed by atoms with van der Waals surface area (Å²) < 4.78 is 0. The molecule has 8 nitrogen and oxygen atoms in total. The standard InChI is InChI=1S/C17H21N7O.HI/c18-16(21-13-15(25)22-14-5-2-1-3-6-14)23-9-11-24(12-10-23)17-19-7-4-8-20-17;/h1-8H,9-13H2,(H2,18,21)(H,22,25);1H. The van der Waals surface area contributed by atoms with E-state index in [9.17, 15) is 4.79 Å². The van der Waals surface area contributed by atoms with E-state index < -0.39 is 0 Å². The van der Waals surface area contributed by atoms with E-state index in [-0.39, 0.29) is 36.4 Å². The summed E-state index contributed by atoms with van der Waals surface area (Å²) in [5.74, 6) is 0.919. The smallest absolute Gasteiger partial charge is 0.246 e. The van der Waals surface area contributed by atoms with E-state index in [1.807, 2.05) is 35.2 Å². The zero-order valence-electron chi connectivity index (χ0n) is 14.3. The molecule has 0 unspecified atom stereocenters. The summed E-state index contributed by atoms with van der Waals surface area (Å²) in [6.07, 6.45) is 3.46. The van der Waals surface area contributed by atoms with Crippen LogP contribution in [0.1, 0.15) is 0 Å². The second-order valence-corrected chi connectivity index (χ2v) is 5.61. The minimum Gasteiger partial charge on any atom is -0.370 e. The number of carbonyl (C=O) groups excluding carboxylic acids is 1. The van der Waals surface area contributed by atoms with E-state index in [2.05, 4.69) is 25.2 Å². The van der Waals surface area contributed by atoms with E-state index in [0.717, 1.165) is 24.7 Å². The summed E-state index contributed by atoms with van der Waals surface area (Å²) in [5, 5.41) is 2.78. The Bertz CT molecular complexity index is 718. The number of hydrogen-bond acceptors (Lipinski definition) is 5. The van der Waals surface area contributed by atoms with Crippen molar-refractivity contribution in [3.8, 4) is 0 Å². The molecule has 3 rings (SSSR count). The van der Waals surface area contributed by atoms with E-state index in [1.165, 1.54) is 0 Å². The number of aliphatic imine (C=N–C) groups is 1. The van der Waals surface area contributed by atoms with E-state index in [1.54, 1.807) is 18.5 Å². The van der Waals surface area contributed by atoms with E-state index in [4.69, 9.17) is 5.73 Å². The predicted molar refractivity (Wildman–Crippen MR) is 113 cm³/mol. The molecule has 1 amide bonds. The third kappa shape index (κ3) is 5.55. The third-order valence-electron chi connectivity index (χ3n) is 3.88. The highest BCUT2D eigenvalue weighted by Gasteiger charge is 2.20. The molecule has 26 heavy (non-hydrogen) atoms. The van der Waals surface area contributed by atoms with Gasteiger partial charge < -0.3 is 20.9 Å². The number of benzene rings is 1. The highest BCUT2D eigenvalue weighted by atomic mass is 127. The Kier molecular flexibility index (Phi) is 7.57. The Balaban J connectivity index is 0.00000243. The van der Waals surface area contributed by atoms with Gasteiger partial charge in [0.15, 0.2) is 5.96 Å². The maximum Gasteiger partial charge on any atom is 0.246 e. The minimum atomic E-state index is -0.189. The Morgan fingerprint density at radius 3 is 2.38 bits per heavy atom. The van der Waals surface area contributed by atoms with Gasteiger partial charge in [-0.05, 0) is 18.2 Å². The van der Waals surface area contributed by atoms with Crippen LogP contribution >= 0.6 is 24.0 Å². The van der Waals surface area contributed by atoms with Gasteiger partial charge in [0.2, 0.25) is 11.9 Å². The summed E-state index contributed by atoms with van der Waals surface area (Å²) in [4.78, 5) is 28.7. The number of rotatable bonds is 4. The van der Waals surface area contributed by atoms with Crippen LogP contribution in [0, 0.1) is 0 Å². The molecule has 1 aliphatic heterocycles. The average molecular weight is 467 g/mol. The first-order valence-electron chi connectivity index (χ1n) is 8.14. The number of nitrogens with one attached hydrogen (secondary N) is 1. The Labute approximate surface area is 169 Å². The summed E-state index contributed by atoms with van der Waals surface area (Å²) in [6.45, 7) is 2.96. The lowest BCUT2D eigenvalue weighted by molar-refractivity contribution is -0.114. The third-order valence-corrected chi connectivity index (χ3v) is 3.88. The topological polar surface area (TPSA) is 99.7 Å². The molecule has 0 spiro atoms. The van der Waals surface area contributed by atoms with Crippen LogP contribution in [0.4, 0.5) is 11.6 Å². The molecule has 0 radical (unpaired) electrons. The maximum atomic E-state index is 11.9.